The molecule has 0 aliphatic rings. The highest BCUT2D eigenvalue weighted by molar-refractivity contribution is 5.50. The summed E-state index contributed by atoms with van der Waals surface area (Å²) in [6.45, 7) is 12.5. The van der Waals surface area contributed by atoms with E-state index in [1.54, 1.807) is 6.07 Å². The Morgan fingerprint density at radius 3 is 1.92 bits per heavy atom. The van der Waals surface area contributed by atoms with Gasteiger partial charge in [0.2, 0.25) is 0 Å². The van der Waals surface area contributed by atoms with Gasteiger partial charge in [0, 0.05) is 6.04 Å². The molecule has 0 amide bonds. The second-order valence-corrected chi connectivity index (χ2v) is 8.91. The van der Waals surface area contributed by atoms with Crippen molar-refractivity contribution in [3.05, 3.63) is 64.5 Å². The van der Waals surface area contributed by atoms with Crippen molar-refractivity contribution in [3.8, 4) is 5.75 Å². The normalized spacial score (nSPS) is 13.8. The molecule has 2 nitrogen and oxygen atoms in total. The van der Waals surface area contributed by atoms with Gasteiger partial charge in [-0.1, -0.05) is 53.7 Å². The summed E-state index contributed by atoms with van der Waals surface area (Å²) in [5.74, 6) is 0.0999. The van der Waals surface area contributed by atoms with Gasteiger partial charge in [0.05, 0.1) is 0 Å². The smallest absolute Gasteiger partial charge is 0.123 e. The first kappa shape index (κ1) is 19.5. The molecule has 1 unspecified atom stereocenters. The summed E-state index contributed by atoms with van der Waals surface area (Å²) in [6, 6.07) is 10.3. The van der Waals surface area contributed by atoms with Gasteiger partial charge in [0.1, 0.15) is 11.6 Å². The third-order valence-electron chi connectivity index (χ3n) is 4.52. The van der Waals surface area contributed by atoms with Gasteiger partial charge in [-0.3, -0.25) is 0 Å². The van der Waals surface area contributed by atoms with Gasteiger partial charge >= 0.3 is 0 Å². The molecule has 0 aliphatic carbocycles. The predicted octanol–water partition coefficient (Wildman–Crippen LogP) is 5.37. The predicted molar refractivity (Wildman–Crippen MR) is 103 cm³/mol. The average molecular weight is 343 g/mol. The van der Waals surface area contributed by atoms with Gasteiger partial charge in [-0.25, -0.2) is 4.39 Å². The lowest BCUT2D eigenvalue weighted by molar-refractivity contribution is 0.422. The maximum Gasteiger partial charge on any atom is 0.123 e. The van der Waals surface area contributed by atoms with E-state index in [0.717, 1.165) is 22.3 Å². The number of nitrogens with two attached hydrogens (primary N) is 1. The second kappa shape index (κ2) is 6.80. The van der Waals surface area contributed by atoms with Crippen molar-refractivity contribution in [3.63, 3.8) is 0 Å². The molecule has 136 valence electrons. The van der Waals surface area contributed by atoms with E-state index in [4.69, 9.17) is 5.73 Å². The summed E-state index contributed by atoms with van der Waals surface area (Å²) < 4.78 is 13.4. The van der Waals surface area contributed by atoms with Crippen LogP contribution in [0.3, 0.4) is 0 Å². The first-order chi connectivity index (χ1) is 11.4. The minimum absolute atomic E-state index is 0.196. The summed E-state index contributed by atoms with van der Waals surface area (Å²) in [4.78, 5) is 0. The molecule has 2 aromatic carbocycles. The summed E-state index contributed by atoms with van der Waals surface area (Å²) in [5.41, 5.74) is 9.68. The maximum atomic E-state index is 13.4. The fourth-order valence-corrected chi connectivity index (χ4v) is 3.05. The molecule has 0 fully saturated rings. The van der Waals surface area contributed by atoms with E-state index in [9.17, 15) is 9.50 Å². The highest BCUT2D eigenvalue weighted by atomic mass is 19.1. The molecule has 0 radical (unpaired) electrons. The van der Waals surface area contributed by atoms with Crippen molar-refractivity contribution in [1.82, 2.24) is 0 Å². The Bertz CT molecular complexity index is 718. The number of hydrogen-bond donors (Lipinski definition) is 2. The molecule has 0 saturated carbocycles. The maximum absolute atomic E-state index is 13.4. The molecule has 3 N–H and O–H groups in total. The third kappa shape index (κ3) is 4.60. The molecule has 1 atom stereocenters. The molecule has 2 rings (SSSR count). The van der Waals surface area contributed by atoms with Gasteiger partial charge in [-0.2, -0.15) is 0 Å². The number of benzene rings is 2. The number of phenolic OH excluding ortho intramolecular Hbond substituents is 1. The van der Waals surface area contributed by atoms with Crippen LogP contribution < -0.4 is 5.73 Å². The van der Waals surface area contributed by atoms with Crippen LogP contribution in [0.2, 0.25) is 0 Å². The van der Waals surface area contributed by atoms with Crippen LogP contribution in [0.5, 0.6) is 5.75 Å². The molecular weight excluding hydrogens is 313 g/mol. The summed E-state index contributed by atoms with van der Waals surface area (Å²) in [7, 11) is 0. The zero-order chi connectivity index (χ0) is 19.0. The standard InChI is InChI=1S/C22H30FNO/c1-21(2,3)17-12-15(13-18(20(17)25)22(4,5)6)19(24)11-14-8-7-9-16(23)10-14/h7-10,12-13,19,25H,11,24H2,1-6H3. The van der Waals surface area contributed by atoms with E-state index in [1.165, 1.54) is 12.1 Å². The van der Waals surface area contributed by atoms with Crippen molar-refractivity contribution in [2.24, 2.45) is 5.73 Å². The number of rotatable bonds is 3. The Morgan fingerprint density at radius 1 is 0.960 bits per heavy atom. The number of hydrogen-bond acceptors (Lipinski definition) is 2. The van der Waals surface area contributed by atoms with E-state index < -0.39 is 0 Å². The molecule has 0 saturated heterocycles. The van der Waals surface area contributed by atoms with E-state index in [1.807, 2.05) is 18.2 Å². The quantitative estimate of drug-likeness (QED) is 0.787. The Morgan fingerprint density at radius 2 is 1.48 bits per heavy atom. The van der Waals surface area contributed by atoms with Crippen LogP contribution in [0.25, 0.3) is 0 Å². The van der Waals surface area contributed by atoms with Gasteiger partial charge in [0.25, 0.3) is 0 Å². The van der Waals surface area contributed by atoms with Crippen LogP contribution in [0.15, 0.2) is 36.4 Å². The van der Waals surface area contributed by atoms with E-state index >= 15 is 0 Å². The monoisotopic (exact) mass is 343 g/mol. The highest BCUT2D eigenvalue weighted by Gasteiger charge is 2.27. The van der Waals surface area contributed by atoms with Crippen LogP contribution >= 0.6 is 0 Å². The first-order valence-electron chi connectivity index (χ1n) is 8.77. The van der Waals surface area contributed by atoms with E-state index in [2.05, 4.69) is 41.5 Å². The highest BCUT2D eigenvalue weighted by Crippen LogP contribution is 2.40. The molecule has 0 spiro atoms. The zero-order valence-electron chi connectivity index (χ0n) is 16.2. The van der Waals surface area contributed by atoms with Crippen LogP contribution in [0.4, 0.5) is 4.39 Å². The Hall–Kier alpha value is -1.87. The summed E-state index contributed by atoms with van der Waals surface area (Å²) in [6.07, 6.45) is 0.551. The number of halogens is 1. The van der Waals surface area contributed by atoms with Crippen molar-refractivity contribution < 1.29 is 9.50 Å². The van der Waals surface area contributed by atoms with Crippen molar-refractivity contribution >= 4 is 0 Å². The number of aromatic hydroxyl groups is 1. The minimum atomic E-state index is -0.260. The van der Waals surface area contributed by atoms with Crippen LogP contribution in [-0.4, -0.2) is 5.11 Å². The lowest BCUT2D eigenvalue weighted by atomic mass is 9.77. The molecule has 0 aliphatic heterocycles. The summed E-state index contributed by atoms with van der Waals surface area (Å²) >= 11 is 0. The third-order valence-corrected chi connectivity index (χ3v) is 4.52. The van der Waals surface area contributed by atoms with Gasteiger partial charge in [0.15, 0.2) is 0 Å². The lowest BCUT2D eigenvalue weighted by Gasteiger charge is -2.29. The van der Waals surface area contributed by atoms with Gasteiger partial charge < -0.3 is 10.8 Å². The average Bonchev–Trinajstić information content (AvgIpc) is 2.44. The van der Waals surface area contributed by atoms with Crippen molar-refractivity contribution in [2.45, 2.75) is 64.8 Å². The minimum Gasteiger partial charge on any atom is -0.507 e. The fourth-order valence-electron chi connectivity index (χ4n) is 3.05. The lowest BCUT2D eigenvalue weighted by Crippen LogP contribution is -2.21. The van der Waals surface area contributed by atoms with Crippen molar-refractivity contribution in [2.75, 3.05) is 0 Å². The zero-order valence-corrected chi connectivity index (χ0v) is 16.2. The first-order valence-corrected chi connectivity index (χ1v) is 8.77. The molecule has 25 heavy (non-hydrogen) atoms. The largest absolute Gasteiger partial charge is 0.507 e. The number of phenols is 1. The molecule has 0 aromatic heterocycles. The molecule has 0 bridgehead atoms. The van der Waals surface area contributed by atoms with Gasteiger partial charge in [-0.15, -0.1) is 0 Å². The van der Waals surface area contributed by atoms with Crippen LogP contribution in [-0.2, 0) is 17.3 Å². The molecule has 2 aromatic rings. The van der Waals surface area contributed by atoms with E-state index in [0.29, 0.717) is 12.2 Å². The Balaban J connectivity index is 2.49. The Labute approximate surface area is 150 Å². The summed E-state index contributed by atoms with van der Waals surface area (Å²) in [5, 5.41) is 10.8. The second-order valence-electron chi connectivity index (χ2n) is 8.91. The van der Waals surface area contributed by atoms with E-state index in [-0.39, 0.29) is 22.7 Å². The van der Waals surface area contributed by atoms with Crippen molar-refractivity contribution in [1.29, 1.82) is 0 Å². The molecule has 0 heterocycles. The van der Waals surface area contributed by atoms with Crippen LogP contribution in [0, 0.1) is 5.82 Å². The van der Waals surface area contributed by atoms with Gasteiger partial charge in [-0.05, 0) is 63.8 Å². The topological polar surface area (TPSA) is 46.2 Å². The SMILES string of the molecule is CC(C)(C)c1cc(C(N)Cc2cccc(F)c2)cc(C(C)(C)C)c1O. The van der Waals surface area contributed by atoms with Crippen LogP contribution in [0.1, 0.15) is 69.8 Å². The Kier molecular flexibility index (Phi) is 5.29. The molecular formula is C22H30FNO. The fraction of sp³-hybridized carbons (Fsp3) is 0.455. The molecule has 3 heteroatoms.